The number of rotatable bonds is 7. The van der Waals surface area contributed by atoms with E-state index in [1.807, 2.05) is 6.07 Å². The van der Waals surface area contributed by atoms with Crippen LogP contribution in [0.1, 0.15) is 32.1 Å². The van der Waals surface area contributed by atoms with E-state index in [0.29, 0.717) is 22.5 Å². The van der Waals surface area contributed by atoms with Gasteiger partial charge in [0, 0.05) is 28.8 Å². The molecule has 156 valence electrons. The lowest BCUT2D eigenvalue weighted by atomic mass is 10.1. The summed E-state index contributed by atoms with van der Waals surface area (Å²) in [5.41, 5.74) is 4.98. The Hall–Kier alpha value is -3.39. The van der Waals surface area contributed by atoms with Crippen LogP contribution in [-0.2, 0) is 9.84 Å². The summed E-state index contributed by atoms with van der Waals surface area (Å²) in [6, 6.07) is 16.4. The largest absolute Gasteiger partial charge is 0.485 e. The van der Waals surface area contributed by atoms with Gasteiger partial charge in [-0.15, -0.1) is 0 Å². The average molecular weight is 426 g/mol. The zero-order valence-corrected chi connectivity index (χ0v) is 17.7. The van der Waals surface area contributed by atoms with Gasteiger partial charge in [0.1, 0.15) is 5.75 Å². The van der Waals surface area contributed by atoms with Crippen molar-refractivity contribution in [1.82, 2.24) is 4.68 Å². The maximum atomic E-state index is 12.7. The number of ether oxygens (including phenoxy) is 1. The van der Waals surface area contributed by atoms with Crippen LogP contribution in [0, 0.1) is 13.8 Å². The summed E-state index contributed by atoms with van der Waals surface area (Å²) in [4.78, 5) is 25.2. The molecule has 0 atom stereocenters. The predicted octanol–water partition coefficient (Wildman–Crippen LogP) is 3.15. The van der Waals surface area contributed by atoms with Crippen molar-refractivity contribution in [2.24, 2.45) is 0 Å². The van der Waals surface area contributed by atoms with Crippen LogP contribution in [0.2, 0.25) is 0 Å². The number of aromatic nitrogens is 1. The zero-order valence-electron chi connectivity index (χ0n) is 16.9. The van der Waals surface area contributed by atoms with Crippen molar-refractivity contribution in [1.29, 1.82) is 0 Å². The van der Waals surface area contributed by atoms with Crippen LogP contribution in [0.3, 0.4) is 0 Å². The van der Waals surface area contributed by atoms with E-state index in [1.165, 1.54) is 12.1 Å². The highest BCUT2D eigenvalue weighted by Gasteiger charge is 2.18. The molecular weight excluding hydrogens is 404 g/mol. The number of carbonyl (C=O) groups is 2. The van der Waals surface area contributed by atoms with E-state index in [4.69, 9.17) is 4.74 Å². The molecule has 8 heteroatoms. The summed E-state index contributed by atoms with van der Waals surface area (Å²) in [6.45, 7) is 3.26. The normalized spacial score (nSPS) is 11.2. The lowest BCUT2D eigenvalue weighted by molar-refractivity contribution is 0.0919. The minimum atomic E-state index is -3.37. The third-order valence-electron chi connectivity index (χ3n) is 4.58. The smallest absolute Gasteiger partial charge is 0.270 e. The Balaban J connectivity index is 1.73. The molecule has 30 heavy (non-hydrogen) atoms. The van der Waals surface area contributed by atoms with Crippen LogP contribution in [0.5, 0.6) is 5.75 Å². The molecule has 0 aliphatic rings. The van der Waals surface area contributed by atoms with Crippen molar-refractivity contribution < 1.29 is 22.7 Å². The predicted molar refractivity (Wildman–Crippen MR) is 113 cm³/mol. The van der Waals surface area contributed by atoms with Crippen LogP contribution in [-0.4, -0.2) is 37.6 Å². The number of benzene rings is 2. The summed E-state index contributed by atoms with van der Waals surface area (Å²) in [7, 11) is -3.37. The molecule has 0 saturated heterocycles. The lowest BCUT2D eigenvalue weighted by Gasteiger charge is -2.12. The summed E-state index contributed by atoms with van der Waals surface area (Å²) < 4.78 is 30.4. The van der Waals surface area contributed by atoms with E-state index in [0.717, 1.165) is 6.26 Å². The fourth-order valence-corrected chi connectivity index (χ4v) is 3.65. The van der Waals surface area contributed by atoms with Gasteiger partial charge in [0.05, 0.1) is 4.90 Å². The number of nitrogens with zero attached hydrogens (tertiary/aromatic N) is 1. The van der Waals surface area contributed by atoms with Crippen LogP contribution >= 0.6 is 0 Å². The van der Waals surface area contributed by atoms with Gasteiger partial charge in [-0.2, -0.15) is 0 Å². The Morgan fingerprint density at radius 3 is 2.37 bits per heavy atom. The second kappa shape index (κ2) is 8.54. The van der Waals surface area contributed by atoms with E-state index in [1.54, 1.807) is 61.0 Å². The first-order valence-corrected chi connectivity index (χ1v) is 11.1. The number of carbonyl (C=O) groups excluding carboxylic acids is 2. The van der Waals surface area contributed by atoms with Crippen LogP contribution in [0.15, 0.2) is 65.6 Å². The molecule has 0 radical (unpaired) electrons. The van der Waals surface area contributed by atoms with E-state index >= 15 is 0 Å². The van der Waals surface area contributed by atoms with Crippen molar-refractivity contribution in [2.45, 2.75) is 18.7 Å². The molecule has 0 bridgehead atoms. The number of amides is 1. The monoisotopic (exact) mass is 426 g/mol. The topological polar surface area (TPSA) is 94.5 Å². The van der Waals surface area contributed by atoms with Gasteiger partial charge in [0.25, 0.3) is 5.91 Å². The van der Waals surface area contributed by atoms with Crippen molar-refractivity contribution >= 4 is 21.5 Å². The minimum absolute atomic E-state index is 0.120. The third-order valence-corrected chi connectivity index (χ3v) is 5.69. The maximum Gasteiger partial charge on any atom is 0.270 e. The van der Waals surface area contributed by atoms with Gasteiger partial charge < -0.3 is 4.74 Å². The van der Waals surface area contributed by atoms with Crippen molar-refractivity contribution in [3.63, 3.8) is 0 Å². The molecule has 0 aliphatic heterocycles. The highest BCUT2D eigenvalue weighted by molar-refractivity contribution is 7.90. The van der Waals surface area contributed by atoms with Crippen LogP contribution < -0.4 is 10.2 Å². The highest BCUT2D eigenvalue weighted by atomic mass is 32.2. The van der Waals surface area contributed by atoms with Gasteiger partial charge in [-0.1, -0.05) is 24.3 Å². The molecule has 1 aromatic heterocycles. The molecule has 3 aromatic rings. The van der Waals surface area contributed by atoms with Gasteiger partial charge >= 0.3 is 0 Å². The third kappa shape index (κ3) is 4.77. The molecule has 0 saturated carbocycles. The van der Waals surface area contributed by atoms with Gasteiger partial charge in [0.15, 0.2) is 16.4 Å². The number of sulfone groups is 1. The highest BCUT2D eigenvalue weighted by Crippen LogP contribution is 2.19. The number of ketones is 1. The molecule has 2 aromatic carbocycles. The van der Waals surface area contributed by atoms with E-state index in [-0.39, 0.29) is 28.9 Å². The minimum Gasteiger partial charge on any atom is -0.485 e. The molecule has 3 rings (SSSR count). The van der Waals surface area contributed by atoms with Gasteiger partial charge in [-0.25, -0.2) is 8.42 Å². The van der Waals surface area contributed by atoms with Gasteiger partial charge in [-0.05, 0) is 50.2 Å². The Morgan fingerprint density at radius 2 is 1.70 bits per heavy atom. The molecule has 0 spiro atoms. The number of hydrogen-bond acceptors (Lipinski definition) is 5. The summed E-state index contributed by atoms with van der Waals surface area (Å²) in [5, 5.41) is 0. The zero-order chi connectivity index (χ0) is 21.9. The van der Waals surface area contributed by atoms with Crippen LogP contribution in [0.25, 0.3) is 0 Å². The van der Waals surface area contributed by atoms with Gasteiger partial charge in [0.2, 0.25) is 5.78 Å². The van der Waals surface area contributed by atoms with E-state index in [2.05, 4.69) is 5.43 Å². The van der Waals surface area contributed by atoms with Crippen molar-refractivity contribution in [3.05, 3.63) is 83.2 Å². The molecular formula is C22H22N2O5S. The van der Waals surface area contributed by atoms with Crippen LogP contribution in [0.4, 0.5) is 0 Å². The summed E-state index contributed by atoms with van der Waals surface area (Å²) in [5.74, 6) is -0.282. The molecule has 1 amide bonds. The van der Waals surface area contributed by atoms with E-state index < -0.39 is 9.84 Å². The lowest BCUT2D eigenvalue weighted by Crippen LogP contribution is -2.25. The first-order valence-electron chi connectivity index (χ1n) is 9.18. The van der Waals surface area contributed by atoms with E-state index in [9.17, 15) is 18.0 Å². The first kappa shape index (κ1) is 21.3. The average Bonchev–Trinajstić information content (AvgIpc) is 3.00. The molecule has 0 fully saturated rings. The van der Waals surface area contributed by atoms with Crippen molar-refractivity contribution in [2.75, 3.05) is 18.3 Å². The molecule has 7 nitrogen and oxygen atoms in total. The Bertz CT molecular complexity index is 1200. The number of nitrogens with one attached hydrogen (secondary N) is 1. The number of hydrogen-bond donors (Lipinski definition) is 1. The Kier molecular flexibility index (Phi) is 6.07. The second-order valence-corrected chi connectivity index (χ2v) is 8.90. The summed E-state index contributed by atoms with van der Waals surface area (Å²) in [6.07, 6.45) is 1.11. The quantitative estimate of drug-likeness (QED) is 0.586. The number of aryl methyl sites for hydroxylation is 1. The van der Waals surface area contributed by atoms with Gasteiger partial charge in [-0.3, -0.25) is 19.7 Å². The first-order chi connectivity index (χ1) is 14.2. The Labute approximate surface area is 175 Å². The second-order valence-electron chi connectivity index (χ2n) is 6.89. The standard InChI is InChI=1S/C22H22N2O5S/c1-15-12-20(16(2)24(15)23-22(26)17-8-5-4-6-9-17)21(25)14-29-18-10-7-11-19(13-18)30(3,27)28/h4-13H,14H2,1-3H3,(H,23,26). The fraction of sp³-hybridized carbons (Fsp3) is 0.182. The maximum absolute atomic E-state index is 12.7. The molecule has 0 unspecified atom stereocenters. The molecule has 0 aliphatic carbocycles. The summed E-state index contributed by atoms with van der Waals surface area (Å²) >= 11 is 0. The fourth-order valence-electron chi connectivity index (χ4n) is 2.99. The molecule has 1 heterocycles. The SMILES string of the molecule is Cc1cc(C(=O)COc2cccc(S(C)(=O)=O)c2)c(C)n1NC(=O)c1ccccc1. The van der Waals surface area contributed by atoms with Crippen molar-refractivity contribution in [3.8, 4) is 5.75 Å². The molecule has 1 N–H and O–H groups in total. The Morgan fingerprint density at radius 1 is 1.00 bits per heavy atom. The number of Topliss-reactive ketones (excluding diaryl/α,β-unsaturated/α-hetero) is 1.